The Bertz CT molecular complexity index is 101. The zero-order valence-corrected chi connectivity index (χ0v) is 7.55. The Hall–Kier alpha value is -0.520. The lowest BCUT2D eigenvalue weighted by atomic mass is 10.1. The van der Waals surface area contributed by atoms with Crippen molar-refractivity contribution >= 4 is 0 Å². The highest BCUT2D eigenvalue weighted by atomic mass is 13.9. The minimum atomic E-state index is 1.18. The van der Waals surface area contributed by atoms with E-state index in [1.807, 2.05) is 6.08 Å². The number of rotatable bonds is 7. The smallest absolute Gasteiger partial charge is 0.0348 e. The predicted octanol–water partition coefficient (Wildman–Crippen LogP) is 3.89. The van der Waals surface area contributed by atoms with E-state index in [9.17, 15) is 0 Å². The first-order valence-electron chi connectivity index (χ1n) is 4.62. The molecule has 0 aliphatic heterocycles. The molecule has 0 saturated carbocycles. The fraction of sp³-hybridized carbons (Fsp3) is 0.636. The van der Waals surface area contributed by atoms with Crippen molar-refractivity contribution in [1.82, 2.24) is 0 Å². The topological polar surface area (TPSA) is 0 Å². The van der Waals surface area contributed by atoms with Gasteiger partial charge < -0.3 is 0 Å². The molecule has 0 heteroatoms. The van der Waals surface area contributed by atoms with Gasteiger partial charge in [-0.2, -0.15) is 0 Å². The van der Waals surface area contributed by atoms with Gasteiger partial charge in [0.2, 0.25) is 0 Å². The largest absolute Gasteiger partial charge is 0.0845 e. The average molecular weight is 151 g/mol. The van der Waals surface area contributed by atoms with Crippen molar-refractivity contribution in [2.45, 2.75) is 45.4 Å². The van der Waals surface area contributed by atoms with Crippen molar-refractivity contribution in [2.24, 2.45) is 0 Å². The van der Waals surface area contributed by atoms with E-state index >= 15 is 0 Å². The summed E-state index contributed by atoms with van der Waals surface area (Å²) in [6, 6.07) is 0. The van der Waals surface area contributed by atoms with Crippen LogP contribution in [-0.2, 0) is 0 Å². The zero-order chi connectivity index (χ0) is 8.36. The third kappa shape index (κ3) is 9.48. The van der Waals surface area contributed by atoms with Crippen molar-refractivity contribution in [1.29, 1.82) is 0 Å². The Morgan fingerprint density at radius 3 is 2.45 bits per heavy atom. The molecule has 0 amide bonds. The molecule has 11 heavy (non-hydrogen) atoms. The maximum atomic E-state index is 5.18. The first-order valence-corrected chi connectivity index (χ1v) is 4.62. The summed E-state index contributed by atoms with van der Waals surface area (Å²) in [6.07, 6.45) is 13.6. The second-order valence-electron chi connectivity index (χ2n) is 2.82. The molecule has 63 valence electrons. The summed E-state index contributed by atoms with van der Waals surface area (Å²) in [6.45, 7) is 7.42. The average Bonchev–Trinajstić information content (AvgIpc) is 2.03. The monoisotopic (exact) mass is 151 g/mol. The molecule has 0 aromatic carbocycles. The van der Waals surface area contributed by atoms with E-state index in [1.165, 1.54) is 38.5 Å². The predicted molar refractivity (Wildman–Crippen MR) is 51.4 cm³/mol. The van der Waals surface area contributed by atoms with E-state index in [2.05, 4.69) is 13.0 Å². The van der Waals surface area contributed by atoms with Gasteiger partial charge in [0.05, 0.1) is 0 Å². The maximum Gasteiger partial charge on any atom is -0.0348 e. The summed E-state index contributed by atoms with van der Waals surface area (Å²) in [4.78, 5) is 0. The van der Waals surface area contributed by atoms with E-state index in [0.29, 0.717) is 0 Å². The third-order valence-corrected chi connectivity index (χ3v) is 1.72. The van der Waals surface area contributed by atoms with Gasteiger partial charge in [-0.15, -0.1) is 0 Å². The molecular formula is C11H19. The van der Waals surface area contributed by atoms with Gasteiger partial charge in [-0.1, -0.05) is 57.4 Å². The Morgan fingerprint density at radius 2 is 1.82 bits per heavy atom. The normalized spacial score (nSPS) is 10.6. The summed E-state index contributed by atoms with van der Waals surface area (Å²) in [5.41, 5.74) is 0. The highest BCUT2D eigenvalue weighted by Gasteiger charge is 1.85. The SMILES string of the molecule is [CH]=CC=CCCCCCCC. The Labute approximate surface area is 71.0 Å². The van der Waals surface area contributed by atoms with Crippen molar-refractivity contribution in [3.63, 3.8) is 0 Å². The van der Waals surface area contributed by atoms with Crippen LogP contribution in [0.4, 0.5) is 0 Å². The summed E-state index contributed by atoms with van der Waals surface area (Å²) in [5, 5.41) is 0. The quantitative estimate of drug-likeness (QED) is 0.382. The Morgan fingerprint density at radius 1 is 1.09 bits per heavy atom. The van der Waals surface area contributed by atoms with Crippen LogP contribution in [0.3, 0.4) is 0 Å². The van der Waals surface area contributed by atoms with Crippen LogP contribution in [0.5, 0.6) is 0 Å². The first kappa shape index (κ1) is 10.5. The molecule has 0 nitrogen and oxygen atoms in total. The van der Waals surface area contributed by atoms with Crippen LogP contribution in [0.1, 0.15) is 45.4 Å². The molecule has 0 aliphatic rings. The number of hydrogen-bond donors (Lipinski definition) is 0. The molecule has 0 bridgehead atoms. The van der Waals surface area contributed by atoms with E-state index in [4.69, 9.17) is 6.58 Å². The lowest BCUT2D eigenvalue weighted by molar-refractivity contribution is 0.637. The van der Waals surface area contributed by atoms with Crippen LogP contribution in [0.2, 0.25) is 0 Å². The van der Waals surface area contributed by atoms with E-state index in [-0.39, 0.29) is 0 Å². The third-order valence-electron chi connectivity index (χ3n) is 1.72. The summed E-state index contributed by atoms with van der Waals surface area (Å²) < 4.78 is 0. The van der Waals surface area contributed by atoms with Crippen LogP contribution in [-0.4, -0.2) is 0 Å². The summed E-state index contributed by atoms with van der Waals surface area (Å²) >= 11 is 0. The Kier molecular flexibility index (Phi) is 9.03. The molecule has 0 aromatic rings. The van der Waals surface area contributed by atoms with Crippen molar-refractivity contribution in [3.8, 4) is 0 Å². The molecule has 0 fully saturated rings. The fourth-order valence-corrected chi connectivity index (χ4v) is 1.04. The van der Waals surface area contributed by atoms with Gasteiger partial charge in [-0.05, 0) is 12.8 Å². The molecule has 0 unspecified atom stereocenters. The van der Waals surface area contributed by atoms with Gasteiger partial charge in [0.1, 0.15) is 0 Å². The number of hydrogen-bond acceptors (Lipinski definition) is 0. The minimum absolute atomic E-state index is 1.18. The molecule has 0 aromatic heterocycles. The van der Waals surface area contributed by atoms with Crippen LogP contribution in [0.15, 0.2) is 18.2 Å². The van der Waals surface area contributed by atoms with Gasteiger partial charge in [0.25, 0.3) is 0 Å². The van der Waals surface area contributed by atoms with Crippen LogP contribution in [0, 0.1) is 6.58 Å². The highest BCUT2D eigenvalue weighted by Crippen LogP contribution is 2.04. The van der Waals surface area contributed by atoms with Crippen LogP contribution in [0.25, 0.3) is 0 Å². The van der Waals surface area contributed by atoms with Gasteiger partial charge >= 0.3 is 0 Å². The van der Waals surface area contributed by atoms with Crippen molar-refractivity contribution in [3.05, 3.63) is 24.8 Å². The van der Waals surface area contributed by atoms with Crippen LogP contribution >= 0.6 is 0 Å². The molecule has 0 heterocycles. The first-order chi connectivity index (χ1) is 5.41. The van der Waals surface area contributed by atoms with Crippen molar-refractivity contribution < 1.29 is 0 Å². The van der Waals surface area contributed by atoms with E-state index < -0.39 is 0 Å². The lowest BCUT2D eigenvalue weighted by Crippen LogP contribution is -1.75. The minimum Gasteiger partial charge on any atom is -0.0845 e. The zero-order valence-electron chi connectivity index (χ0n) is 7.55. The van der Waals surface area contributed by atoms with Crippen molar-refractivity contribution in [2.75, 3.05) is 0 Å². The Balaban J connectivity index is 2.90. The molecule has 0 aliphatic carbocycles. The summed E-state index contributed by atoms with van der Waals surface area (Å²) in [5.74, 6) is 0. The van der Waals surface area contributed by atoms with Gasteiger partial charge in [0, 0.05) is 0 Å². The maximum absolute atomic E-state index is 5.18. The fourth-order valence-electron chi connectivity index (χ4n) is 1.04. The van der Waals surface area contributed by atoms with E-state index in [0.717, 1.165) is 0 Å². The van der Waals surface area contributed by atoms with Gasteiger partial charge in [0.15, 0.2) is 0 Å². The second kappa shape index (κ2) is 9.48. The second-order valence-corrected chi connectivity index (χ2v) is 2.82. The molecule has 1 radical (unpaired) electrons. The molecule has 0 atom stereocenters. The molecule has 0 saturated heterocycles. The molecular weight excluding hydrogens is 132 g/mol. The summed E-state index contributed by atoms with van der Waals surface area (Å²) in [7, 11) is 0. The highest BCUT2D eigenvalue weighted by molar-refractivity contribution is 4.95. The molecule has 0 spiro atoms. The molecule has 0 rings (SSSR count). The number of allylic oxidation sites excluding steroid dienone is 3. The van der Waals surface area contributed by atoms with E-state index in [1.54, 1.807) is 6.08 Å². The van der Waals surface area contributed by atoms with Crippen LogP contribution < -0.4 is 0 Å². The number of unbranched alkanes of at least 4 members (excludes halogenated alkanes) is 5. The molecule has 0 N–H and O–H groups in total. The lowest BCUT2D eigenvalue weighted by Gasteiger charge is -1.95. The van der Waals surface area contributed by atoms with Gasteiger partial charge in [-0.3, -0.25) is 0 Å². The standard InChI is InChI=1S/C11H19/c1-3-5-7-9-11-10-8-6-4-2/h1,3,5,7H,4,6,8-11H2,2H3. The van der Waals surface area contributed by atoms with Gasteiger partial charge in [-0.25, -0.2) is 0 Å².